The summed E-state index contributed by atoms with van der Waals surface area (Å²) in [6.07, 6.45) is 2.72. The van der Waals surface area contributed by atoms with Gasteiger partial charge in [-0.05, 0) is 24.3 Å². The van der Waals surface area contributed by atoms with Crippen molar-refractivity contribution < 1.29 is 22.9 Å². The summed E-state index contributed by atoms with van der Waals surface area (Å²) in [5.41, 5.74) is 5.42. The molecule has 0 bridgehead atoms. The van der Waals surface area contributed by atoms with E-state index in [0.29, 0.717) is 11.6 Å². The lowest BCUT2D eigenvalue weighted by Gasteiger charge is -2.15. The first kappa shape index (κ1) is 16.3. The molecule has 6 heteroatoms. The van der Waals surface area contributed by atoms with Gasteiger partial charge in [0.1, 0.15) is 11.9 Å². The highest BCUT2D eigenvalue weighted by Gasteiger charge is 2.22. The number of halogens is 1. The monoisotopic (exact) mass is 318 g/mol. The Balaban J connectivity index is 0.00000176. The van der Waals surface area contributed by atoms with Gasteiger partial charge in [0.15, 0.2) is 0 Å². The third kappa shape index (κ3) is 3.75. The van der Waals surface area contributed by atoms with Crippen molar-refractivity contribution in [2.75, 3.05) is 23.3 Å². The van der Waals surface area contributed by atoms with Gasteiger partial charge in [-0.25, -0.2) is 4.98 Å². The Morgan fingerprint density at radius 1 is 1.23 bits per heavy atom. The third-order valence-corrected chi connectivity index (χ3v) is 3.65. The Morgan fingerprint density at radius 3 is 2.59 bits per heavy atom. The number of nitrogens with one attached hydrogen (secondary N) is 1. The van der Waals surface area contributed by atoms with Gasteiger partial charge in [-0.1, -0.05) is 18.2 Å². The summed E-state index contributed by atoms with van der Waals surface area (Å²) in [7, 11) is 0. The minimum absolute atomic E-state index is 0. The molecule has 2 heterocycles. The Morgan fingerprint density at radius 2 is 2.00 bits per heavy atom. The maximum Gasteiger partial charge on any atom is 0.257 e. The molecule has 0 radical (unpaired) electrons. The molecular weight excluding hydrogens is 300 g/mol. The second kappa shape index (κ2) is 7.24. The molecule has 0 saturated carbocycles. The van der Waals surface area contributed by atoms with Crippen LogP contribution in [0, 0.1) is 0 Å². The average Bonchev–Trinajstić information content (AvgIpc) is 2.95. The van der Waals surface area contributed by atoms with Crippen molar-refractivity contribution in [3.63, 3.8) is 0 Å². The number of carbonyl (C=O) groups excluding carboxylic acids is 1. The van der Waals surface area contributed by atoms with Gasteiger partial charge in [0.2, 0.25) is 0 Å². The standard InChI is InChI=1S/C16H18N4O.ClH/c17-13-8-9-20(11-13)15-7-6-12(10-18-15)16(21)19-14-4-2-1-3-5-14;/h1-7,10,13H,8-9,11,17H2,(H,19,21);1H. The van der Waals surface area contributed by atoms with Gasteiger partial charge in [0.05, 0.1) is 12.1 Å². The van der Waals surface area contributed by atoms with Crippen LogP contribution in [0.1, 0.15) is 16.8 Å². The summed E-state index contributed by atoms with van der Waals surface area (Å²) in [4.78, 5) is 18.7. The number of quaternary nitrogens is 1. The Bertz CT molecular complexity index is 618. The van der Waals surface area contributed by atoms with Gasteiger partial charge in [-0.15, -0.1) is 0 Å². The molecule has 1 aromatic heterocycles. The molecule has 0 aliphatic carbocycles. The predicted molar refractivity (Wildman–Crippen MR) is 82.1 cm³/mol. The highest BCUT2D eigenvalue weighted by Crippen LogP contribution is 2.17. The predicted octanol–water partition coefficient (Wildman–Crippen LogP) is -1.84. The summed E-state index contributed by atoms with van der Waals surface area (Å²) in [5.74, 6) is 0.772. The van der Waals surface area contributed by atoms with Crippen molar-refractivity contribution >= 4 is 17.4 Å². The molecule has 1 aliphatic heterocycles. The van der Waals surface area contributed by atoms with Crippen molar-refractivity contribution in [1.29, 1.82) is 0 Å². The van der Waals surface area contributed by atoms with Gasteiger partial charge in [0, 0.05) is 24.8 Å². The van der Waals surface area contributed by atoms with E-state index in [1.54, 1.807) is 6.20 Å². The van der Waals surface area contributed by atoms with Crippen LogP contribution in [0.15, 0.2) is 48.7 Å². The molecule has 3 rings (SSSR count). The van der Waals surface area contributed by atoms with Crippen LogP contribution in [-0.2, 0) is 0 Å². The number of amides is 1. The Hall–Kier alpha value is -2.11. The van der Waals surface area contributed by atoms with Crippen molar-refractivity contribution in [2.24, 2.45) is 0 Å². The fourth-order valence-electron chi connectivity index (χ4n) is 2.47. The largest absolute Gasteiger partial charge is 1.00 e. The number of anilines is 2. The first-order chi connectivity index (χ1) is 10.2. The molecule has 1 amide bonds. The number of rotatable bonds is 3. The Kier molecular flexibility index (Phi) is 5.35. The van der Waals surface area contributed by atoms with Crippen LogP contribution in [-0.4, -0.2) is 30.0 Å². The van der Waals surface area contributed by atoms with Gasteiger partial charge in [-0.3, -0.25) is 4.79 Å². The molecule has 1 unspecified atom stereocenters. The zero-order valence-corrected chi connectivity index (χ0v) is 13.0. The van der Waals surface area contributed by atoms with E-state index >= 15 is 0 Å². The van der Waals surface area contributed by atoms with Crippen LogP contribution in [0.2, 0.25) is 0 Å². The number of nitrogens with zero attached hydrogens (tertiary/aromatic N) is 2. The maximum atomic E-state index is 12.1. The van der Waals surface area contributed by atoms with Gasteiger partial charge < -0.3 is 28.4 Å². The van der Waals surface area contributed by atoms with E-state index in [1.807, 2.05) is 42.5 Å². The summed E-state index contributed by atoms with van der Waals surface area (Å²) in [6, 6.07) is 13.6. The van der Waals surface area contributed by atoms with E-state index in [1.165, 1.54) is 0 Å². The number of hydrogen-bond donors (Lipinski definition) is 2. The maximum absolute atomic E-state index is 12.1. The highest BCUT2D eigenvalue weighted by atomic mass is 35.5. The van der Waals surface area contributed by atoms with Crippen molar-refractivity contribution in [2.45, 2.75) is 12.5 Å². The third-order valence-electron chi connectivity index (χ3n) is 3.65. The molecule has 0 spiro atoms. The molecule has 22 heavy (non-hydrogen) atoms. The summed E-state index contributed by atoms with van der Waals surface area (Å²) in [6.45, 7) is 1.92. The first-order valence-corrected chi connectivity index (χ1v) is 7.13. The van der Waals surface area contributed by atoms with E-state index in [-0.39, 0.29) is 18.3 Å². The average molecular weight is 319 g/mol. The van der Waals surface area contributed by atoms with Crippen LogP contribution in [0.5, 0.6) is 0 Å². The van der Waals surface area contributed by atoms with Gasteiger partial charge in [-0.2, -0.15) is 0 Å². The fraction of sp³-hybridized carbons (Fsp3) is 0.250. The fourth-order valence-corrected chi connectivity index (χ4v) is 2.47. The molecule has 1 saturated heterocycles. The van der Waals surface area contributed by atoms with Crippen LogP contribution in [0.3, 0.4) is 0 Å². The summed E-state index contributed by atoms with van der Waals surface area (Å²) in [5, 5.41) is 2.85. The number of benzene rings is 1. The molecule has 5 nitrogen and oxygen atoms in total. The number of hydrogen-bond acceptors (Lipinski definition) is 3. The second-order valence-corrected chi connectivity index (χ2v) is 5.33. The van der Waals surface area contributed by atoms with Crippen molar-refractivity contribution in [1.82, 2.24) is 4.98 Å². The lowest BCUT2D eigenvalue weighted by atomic mass is 10.2. The summed E-state index contributed by atoms with van der Waals surface area (Å²) < 4.78 is 0. The van der Waals surface area contributed by atoms with Crippen molar-refractivity contribution in [3.8, 4) is 0 Å². The normalized spacial score (nSPS) is 17.0. The van der Waals surface area contributed by atoms with Crippen LogP contribution in [0.4, 0.5) is 11.5 Å². The molecule has 116 valence electrons. The topological polar surface area (TPSA) is 72.9 Å². The molecule has 1 atom stereocenters. The molecular formula is C16H19ClN4O. The molecule has 1 aliphatic rings. The highest BCUT2D eigenvalue weighted by molar-refractivity contribution is 6.04. The van der Waals surface area contributed by atoms with Crippen molar-refractivity contribution in [3.05, 3.63) is 54.2 Å². The van der Waals surface area contributed by atoms with E-state index < -0.39 is 0 Å². The van der Waals surface area contributed by atoms with Crippen LogP contribution in [0.25, 0.3) is 0 Å². The number of pyridine rings is 1. The minimum Gasteiger partial charge on any atom is -1.00 e. The zero-order valence-electron chi connectivity index (χ0n) is 12.2. The quantitative estimate of drug-likeness (QED) is 0.698. The molecule has 4 N–H and O–H groups in total. The lowest BCUT2D eigenvalue weighted by molar-refractivity contribution is -0.412. The Labute approximate surface area is 135 Å². The number of aromatic nitrogens is 1. The smallest absolute Gasteiger partial charge is 0.257 e. The van der Waals surface area contributed by atoms with E-state index in [2.05, 4.69) is 20.9 Å². The van der Waals surface area contributed by atoms with Crippen LogP contribution < -0.4 is 28.4 Å². The summed E-state index contributed by atoms with van der Waals surface area (Å²) >= 11 is 0. The van der Waals surface area contributed by atoms with Gasteiger partial charge >= 0.3 is 0 Å². The van der Waals surface area contributed by atoms with E-state index in [4.69, 9.17) is 0 Å². The van der Waals surface area contributed by atoms with E-state index in [0.717, 1.165) is 31.0 Å². The number of para-hydroxylation sites is 1. The molecule has 1 aromatic carbocycles. The second-order valence-electron chi connectivity index (χ2n) is 5.33. The molecule has 1 fully saturated rings. The van der Waals surface area contributed by atoms with Crippen LogP contribution >= 0.6 is 0 Å². The number of carbonyl (C=O) groups is 1. The van der Waals surface area contributed by atoms with E-state index in [9.17, 15) is 4.79 Å². The molecule has 2 aromatic rings. The SMILES string of the molecule is [Cl-].[NH3+]C1CCN(c2ccc(C(=O)Nc3ccccc3)cn2)C1. The van der Waals surface area contributed by atoms with Gasteiger partial charge in [0.25, 0.3) is 5.91 Å². The minimum atomic E-state index is -0.142. The lowest BCUT2D eigenvalue weighted by Crippen LogP contribution is -3.00. The first-order valence-electron chi connectivity index (χ1n) is 7.13. The zero-order chi connectivity index (χ0) is 14.7.